The molecule has 0 spiro atoms. The monoisotopic (exact) mass is 466 g/mol. The van der Waals surface area contributed by atoms with Gasteiger partial charge in [0.2, 0.25) is 5.91 Å². The standard InChI is InChI=1S/C25H34N6O3/c1-17(32)29-20-6-8-21(9-7-20)30-24-12-23(27-16-28-24)25(34)26-13-22(33)15-31-11-10-18-4-2-3-5-19(18)14-31/h2-5,12,16,20-22,33H,6-11,13-15H2,1H3,(H,26,34)(H,29,32)(H,27,28,30)/t20-,21-,22-/m0/s1. The van der Waals surface area contributed by atoms with E-state index >= 15 is 0 Å². The maximum Gasteiger partial charge on any atom is 0.270 e. The van der Waals surface area contributed by atoms with Crippen molar-refractivity contribution in [2.24, 2.45) is 0 Å². The Hall–Kier alpha value is -3.04. The van der Waals surface area contributed by atoms with E-state index in [-0.39, 0.29) is 36.1 Å². The van der Waals surface area contributed by atoms with Gasteiger partial charge >= 0.3 is 0 Å². The van der Waals surface area contributed by atoms with E-state index in [2.05, 4.69) is 49.0 Å². The van der Waals surface area contributed by atoms with Crippen LogP contribution in [0.1, 0.15) is 54.2 Å². The SMILES string of the molecule is CC(=O)N[C@H]1CC[C@H](Nc2cc(C(=O)NC[C@H](O)CN3CCc4ccccc4C3)ncn2)CC1. The summed E-state index contributed by atoms with van der Waals surface area (Å²) >= 11 is 0. The van der Waals surface area contributed by atoms with E-state index < -0.39 is 6.10 Å². The predicted molar refractivity (Wildman–Crippen MR) is 129 cm³/mol. The van der Waals surface area contributed by atoms with E-state index in [0.717, 1.165) is 45.2 Å². The zero-order chi connectivity index (χ0) is 23.9. The lowest BCUT2D eigenvalue weighted by Crippen LogP contribution is -2.42. The molecule has 1 saturated carbocycles. The van der Waals surface area contributed by atoms with Gasteiger partial charge in [-0.3, -0.25) is 14.5 Å². The molecule has 1 atom stereocenters. The third-order valence-corrected chi connectivity index (χ3v) is 6.56. The molecule has 0 unspecified atom stereocenters. The van der Waals surface area contributed by atoms with Gasteiger partial charge in [0.1, 0.15) is 17.8 Å². The molecule has 1 aromatic carbocycles. The molecule has 2 heterocycles. The van der Waals surface area contributed by atoms with Crippen molar-refractivity contribution >= 4 is 17.6 Å². The average Bonchev–Trinajstić information content (AvgIpc) is 2.83. The molecule has 4 N–H and O–H groups in total. The Morgan fingerprint density at radius 2 is 1.85 bits per heavy atom. The molecule has 1 aliphatic heterocycles. The zero-order valence-electron chi connectivity index (χ0n) is 19.7. The number of rotatable bonds is 8. The molecule has 9 heteroatoms. The van der Waals surface area contributed by atoms with Crippen LogP contribution in [0.4, 0.5) is 5.82 Å². The Labute approximate surface area is 200 Å². The van der Waals surface area contributed by atoms with Crippen molar-refractivity contribution in [3.05, 3.63) is 53.5 Å². The molecule has 2 aromatic rings. The number of carbonyl (C=O) groups is 2. The number of aromatic nitrogens is 2. The number of aliphatic hydroxyl groups is 1. The van der Waals surface area contributed by atoms with Gasteiger partial charge in [-0.15, -0.1) is 0 Å². The Kier molecular flexibility index (Phi) is 8.08. The first-order valence-corrected chi connectivity index (χ1v) is 12.1. The number of hydrogen-bond donors (Lipinski definition) is 4. The van der Waals surface area contributed by atoms with Crippen LogP contribution < -0.4 is 16.0 Å². The lowest BCUT2D eigenvalue weighted by molar-refractivity contribution is -0.119. The molecule has 1 fully saturated rings. The molecule has 2 aliphatic rings. The van der Waals surface area contributed by atoms with Gasteiger partial charge in [-0.2, -0.15) is 0 Å². The lowest BCUT2D eigenvalue weighted by atomic mass is 9.91. The summed E-state index contributed by atoms with van der Waals surface area (Å²) in [6.45, 7) is 3.93. The molecule has 0 saturated heterocycles. The lowest BCUT2D eigenvalue weighted by Gasteiger charge is -2.30. The highest BCUT2D eigenvalue weighted by Crippen LogP contribution is 2.22. The van der Waals surface area contributed by atoms with Crippen LogP contribution in [0.3, 0.4) is 0 Å². The molecule has 0 bridgehead atoms. The summed E-state index contributed by atoms with van der Waals surface area (Å²) in [7, 11) is 0. The van der Waals surface area contributed by atoms with Gasteiger partial charge in [-0.25, -0.2) is 9.97 Å². The van der Waals surface area contributed by atoms with Gasteiger partial charge in [-0.05, 0) is 43.2 Å². The molecule has 2 amide bonds. The Morgan fingerprint density at radius 1 is 1.12 bits per heavy atom. The first kappa shape index (κ1) is 24.1. The second-order valence-electron chi connectivity index (χ2n) is 9.30. The highest BCUT2D eigenvalue weighted by molar-refractivity contribution is 5.92. The number of anilines is 1. The number of benzene rings is 1. The van der Waals surface area contributed by atoms with Crippen LogP contribution >= 0.6 is 0 Å². The summed E-state index contributed by atoms with van der Waals surface area (Å²) in [6, 6.07) is 10.5. The van der Waals surface area contributed by atoms with E-state index in [1.54, 1.807) is 13.0 Å². The molecule has 182 valence electrons. The molecule has 9 nitrogen and oxygen atoms in total. The Balaban J connectivity index is 1.21. The van der Waals surface area contributed by atoms with E-state index in [1.807, 2.05) is 6.07 Å². The Bertz CT molecular complexity index is 992. The van der Waals surface area contributed by atoms with Crippen molar-refractivity contribution in [1.29, 1.82) is 0 Å². The third-order valence-electron chi connectivity index (χ3n) is 6.56. The number of β-amino-alcohol motifs (C(OH)–C–C–N with tert-alkyl or cyclic N) is 1. The second-order valence-corrected chi connectivity index (χ2v) is 9.30. The minimum absolute atomic E-state index is 0.00856. The van der Waals surface area contributed by atoms with Crippen LogP contribution in [0.15, 0.2) is 36.7 Å². The van der Waals surface area contributed by atoms with Crippen LogP contribution in [0.5, 0.6) is 0 Å². The average molecular weight is 467 g/mol. The number of nitrogens with one attached hydrogen (secondary N) is 3. The Morgan fingerprint density at radius 3 is 2.62 bits per heavy atom. The molecular weight excluding hydrogens is 432 g/mol. The van der Waals surface area contributed by atoms with E-state index in [9.17, 15) is 14.7 Å². The van der Waals surface area contributed by atoms with Crippen molar-refractivity contribution < 1.29 is 14.7 Å². The van der Waals surface area contributed by atoms with Gasteiger partial charge in [0.05, 0.1) is 6.10 Å². The number of aliphatic hydroxyl groups excluding tert-OH is 1. The molecular formula is C25H34N6O3. The molecule has 4 rings (SSSR count). The van der Waals surface area contributed by atoms with Gasteiger partial charge in [0.15, 0.2) is 0 Å². The van der Waals surface area contributed by atoms with Gasteiger partial charge in [0.25, 0.3) is 5.91 Å². The summed E-state index contributed by atoms with van der Waals surface area (Å²) in [6.07, 6.45) is 5.36. The summed E-state index contributed by atoms with van der Waals surface area (Å²) in [5.41, 5.74) is 2.94. The molecule has 1 aliphatic carbocycles. The van der Waals surface area contributed by atoms with Crippen molar-refractivity contribution in [3.63, 3.8) is 0 Å². The summed E-state index contributed by atoms with van der Waals surface area (Å²) in [5.74, 6) is 0.285. The number of carbonyl (C=O) groups excluding carboxylic acids is 2. The normalized spacial score (nSPS) is 21.2. The summed E-state index contributed by atoms with van der Waals surface area (Å²) in [5, 5.41) is 19.6. The molecule has 34 heavy (non-hydrogen) atoms. The quantitative estimate of drug-likeness (QED) is 0.465. The van der Waals surface area contributed by atoms with Crippen molar-refractivity contribution in [2.75, 3.05) is 25.0 Å². The smallest absolute Gasteiger partial charge is 0.270 e. The van der Waals surface area contributed by atoms with Crippen molar-refractivity contribution in [2.45, 2.75) is 63.8 Å². The van der Waals surface area contributed by atoms with E-state index in [4.69, 9.17) is 0 Å². The fourth-order valence-electron chi connectivity index (χ4n) is 4.81. The van der Waals surface area contributed by atoms with Crippen LogP contribution in [0.2, 0.25) is 0 Å². The first-order valence-electron chi connectivity index (χ1n) is 12.1. The van der Waals surface area contributed by atoms with Crippen LogP contribution in [0, 0.1) is 0 Å². The van der Waals surface area contributed by atoms with E-state index in [0.29, 0.717) is 12.4 Å². The van der Waals surface area contributed by atoms with Crippen molar-refractivity contribution in [1.82, 2.24) is 25.5 Å². The molecule has 1 aromatic heterocycles. The fourth-order valence-corrected chi connectivity index (χ4v) is 4.81. The highest BCUT2D eigenvalue weighted by atomic mass is 16.3. The summed E-state index contributed by atoms with van der Waals surface area (Å²) < 4.78 is 0. The maximum atomic E-state index is 12.6. The molecule has 0 radical (unpaired) electrons. The topological polar surface area (TPSA) is 119 Å². The van der Waals surface area contributed by atoms with Gasteiger partial charge < -0.3 is 21.1 Å². The predicted octanol–water partition coefficient (Wildman–Crippen LogP) is 1.48. The largest absolute Gasteiger partial charge is 0.390 e. The van der Waals surface area contributed by atoms with Crippen LogP contribution in [0.25, 0.3) is 0 Å². The minimum atomic E-state index is -0.660. The number of amides is 2. The van der Waals surface area contributed by atoms with Gasteiger partial charge in [-0.1, -0.05) is 24.3 Å². The van der Waals surface area contributed by atoms with E-state index in [1.165, 1.54) is 17.5 Å². The first-order chi connectivity index (χ1) is 16.5. The third kappa shape index (κ3) is 6.74. The number of hydrogen-bond acceptors (Lipinski definition) is 7. The number of fused-ring (bicyclic) bond motifs is 1. The summed E-state index contributed by atoms with van der Waals surface area (Å²) in [4.78, 5) is 34.4. The minimum Gasteiger partial charge on any atom is -0.390 e. The van der Waals surface area contributed by atoms with Crippen LogP contribution in [-0.2, 0) is 17.8 Å². The number of nitrogens with zero attached hydrogens (tertiary/aromatic N) is 3. The fraction of sp³-hybridized carbons (Fsp3) is 0.520. The van der Waals surface area contributed by atoms with Crippen molar-refractivity contribution in [3.8, 4) is 0 Å². The van der Waals surface area contributed by atoms with Gasteiger partial charge in [0, 0.05) is 51.3 Å². The maximum absolute atomic E-state index is 12.6. The zero-order valence-corrected chi connectivity index (χ0v) is 19.7. The van der Waals surface area contributed by atoms with Crippen LogP contribution in [-0.4, -0.2) is 69.6 Å². The second kappa shape index (κ2) is 11.4. The highest BCUT2D eigenvalue weighted by Gasteiger charge is 2.23.